The first-order valence-corrected chi connectivity index (χ1v) is 7.30. The van der Waals surface area contributed by atoms with E-state index >= 15 is 0 Å². The molecule has 1 saturated heterocycles. The average Bonchev–Trinajstić information content (AvgIpc) is 2.86. The van der Waals surface area contributed by atoms with E-state index in [0.717, 1.165) is 31.3 Å². The molecule has 106 valence electrons. The summed E-state index contributed by atoms with van der Waals surface area (Å²) in [7, 11) is 0. The van der Waals surface area contributed by atoms with Crippen LogP contribution in [-0.4, -0.2) is 19.0 Å². The predicted octanol–water partition coefficient (Wildman–Crippen LogP) is 3.48. The molecule has 1 heterocycles. The Morgan fingerprint density at radius 3 is 2.80 bits per heavy atom. The zero-order valence-electron chi connectivity index (χ0n) is 11.5. The molecule has 2 nitrogen and oxygen atoms in total. The monoisotopic (exact) mass is 290 g/mol. The van der Waals surface area contributed by atoms with Gasteiger partial charge in [0.05, 0.1) is 13.2 Å². The van der Waals surface area contributed by atoms with Crippen LogP contribution in [0, 0.1) is 36.0 Å². The van der Waals surface area contributed by atoms with Crippen LogP contribution in [-0.2, 0) is 9.47 Å². The first kappa shape index (κ1) is 15.2. The van der Waals surface area contributed by atoms with Gasteiger partial charge in [0.2, 0.25) is 0 Å². The normalized spacial score (nSPS) is 28.0. The zero-order chi connectivity index (χ0) is 14.4. The van der Waals surface area contributed by atoms with Crippen LogP contribution in [0.1, 0.15) is 25.7 Å². The summed E-state index contributed by atoms with van der Waals surface area (Å²) >= 11 is 5.43. The molecular formula is C17H19ClO2. The molecular weight excluding hydrogens is 272 g/mol. The lowest BCUT2D eigenvalue weighted by atomic mass is 9.75. The van der Waals surface area contributed by atoms with Gasteiger partial charge in [-0.2, -0.15) is 0 Å². The summed E-state index contributed by atoms with van der Waals surface area (Å²) in [5, 5.41) is 0. The number of terminal acetylenes is 1. The van der Waals surface area contributed by atoms with Crippen molar-refractivity contribution >= 4 is 11.6 Å². The summed E-state index contributed by atoms with van der Waals surface area (Å²) in [6.45, 7) is 5.32. The fourth-order valence-corrected chi connectivity index (χ4v) is 3.12. The summed E-state index contributed by atoms with van der Waals surface area (Å²) in [5.41, 5.74) is 2.29. The molecule has 0 aromatic rings. The SMILES string of the molecule is C#C[C@@H]1C[C@@H](CC(=C)C#C/C=C\Cl)CC2(C1)OCCO2. The second-order valence-corrected chi connectivity index (χ2v) is 5.60. The fourth-order valence-electron chi connectivity index (χ4n) is 3.06. The van der Waals surface area contributed by atoms with Gasteiger partial charge in [0.25, 0.3) is 0 Å². The third kappa shape index (κ3) is 3.90. The molecule has 2 aliphatic rings. The molecule has 0 aromatic carbocycles. The van der Waals surface area contributed by atoms with E-state index in [1.165, 1.54) is 5.54 Å². The van der Waals surface area contributed by atoms with Crippen molar-refractivity contribution < 1.29 is 9.47 Å². The summed E-state index contributed by atoms with van der Waals surface area (Å²) in [6.07, 6.45) is 10.7. The fraction of sp³-hybridized carbons (Fsp3) is 0.529. The van der Waals surface area contributed by atoms with E-state index in [9.17, 15) is 0 Å². The van der Waals surface area contributed by atoms with Gasteiger partial charge in [0.15, 0.2) is 5.79 Å². The van der Waals surface area contributed by atoms with Crippen LogP contribution in [0.25, 0.3) is 0 Å². The average molecular weight is 291 g/mol. The molecule has 2 atom stereocenters. The maximum atomic E-state index is 5.81. The van der Waals surface area contributed by atoms with E-state index in [1.54, 1.807) is 6.08 Å². The summed E-state index contributed by atoms with van der Waals surface area (Å²) in [4.78, 5) is 0. The van der Waals surface area contributed by atoms with Gasteiger partial charge in [-0.05, 0) is 30.4 Å². The van der Waals surface area contributed by atoms with Crippen molar-refractivity contribution in [1.82, 2.24) is 0 Å². The van der Waals surface area contributed by atoms with Gasteiger partial charge >= 0.3 is 0 Å². The van der Waals surface area contributed by atoms with Crippen LogP contribution >= 0.6 is 11.6 Å². The molecule has 2 rings (SSSR count). The smallest absolute Gasteiger partial charge is 0.169 e. The lowest BCUT2D eigenvalue weighted by Gasteiger charge is -2.39. The summed E-state index contributed by atoms with van der Waals surface area (Å²) in [6, 6.07) is 0. The largest absolute Gasteiger partial charge is 0.347 e. The van der Waals surface area contributed by atoms with Gasteiger partial charge in [-0.1, -0.05) is 30.0 Å². The minimum absolute atomic E-state index is 0.204. The molecule has 0 bridgehead atoms. The molecule has 0 unspecified atom stereocenters. The van der Waals surface area contributed by atoms with E-state index < -0.39 is 5.79 Å². The maximum Gasteiger partial charge on any atom is 0.169 e. The molecule has 1 spiro atoms. The number of hydrogen-bond acceptors (Lipinski definition) is 2. The Hall–Kier alpha value is -1.19. The van der Waals surface area contributed by atoms with Crippen LogP contribution < -0.4 is 0 Å². The molecule has 0 amide bonds. The molecule has 1 aliphatic carbocycles. The molecule has 0 N–H and O–H groups in total. The van der Waals surface area contributed by atoms with E-state index in [4.69, 9.17) is 27.5 Å². The van der Waals surface area contributed by atoms with Crippen molar-refractivity contribution in [2.24, 2.45) is 11.8 Å². The van der Waals surface area contributed by atoms with E-state index in [1.807, 2.05) is 0 Å². The highest BCUT2D eigenvalue weighted by molar-refractivity contribution is 6.25. The Morgan fingerprint density at radius 1 is 1.40 bits per heavy atom. The van der Waals surface area contributed by atoms with Crippen LogP contribution in [0.15, 0.2) is 23.8 Å². The van der Waals surface area contributed by atoms with Crippen molar-refractivity contribution in [3.05, 3.63) is 23.8 Å². The van der Waals surface area contributed by atoms with Gasteiger partial charge in [-0.15, -0.1) is 12.3 Å². The van der Waals surface area contributed by atoms with Crippen LogP contribution in [0.4, 0.5) is 0 Å². The predicted molar refractivity (Wildman–Crippen MR) is 80.8 cm³/mol. The molecule has 2 fully saturated rings. The number of hydrogen-bond donors (Lipinski definition) is 0. The minimum atomic E-state index is -0.469. The zero-order valence-corrected chi connectivity index (χ0v) is 12.3. The Bertz CT molecular complexity index is 483. The highest BCUT2D eigenvalue weighted by Crippen LogP contribution is 2.43. The van der Waals surface area contributed by atoms with Gasteiger partial charge in [-0.3, -0.25) is 0 Å². The third-order valence-electron chi connectivity index (χ3n) is 3.75. The van der Waals surface area contributed by atoms with E-state index in [2.05, 4.69) is 24.3 Å². The van der Waals surface area contributed by atoms with Crippen LogP contribution in [0.5, 0.6) is 0 Å². The van der Waals surface area contributed by atoms with Crippen molar-refractivity contribution in [2.75, 3.05) is 13.2 Å². The van der Waals surface area contributed by atoms with Crippen molar-refractivity contribution in [3.8, 4) is 24.2 Å². The van der Waals surface area contributed by atoms with E-state index in [0.29, 0.717) is 19.1 Å². The standard InChI is InChI=1S/C17H19ClO2/c1-3-15-11-16(10-14(2)6-4-5-7-18)13-17(12-15)19-8-9-20-17/h1,5,7,15-16H,2,8-13H2/b7-5-/t15-,16-/m1/s1. The second kappa shape index (κ2) is 7.00. The third-order valence-corrected chi connectivity index (χ3v) is 3.88. The molecule has 1 aliphatic heterocycles. The highest BCUT2D eigenvalue weighted by atomic mass is 35.5. The van der Waals surface area contributed by atoms with Gasteiger partial charge < -0.3 is 9.47 Å². The number of allylic oxidation sites excluding steroid dienone is 2. The van der Waals surface area contributed by atoms with Crippen LogP contribution in [0.3, 0.4) is 0 Å². The second-order valence-electron chi connectivity index (χ2n) is 5.35. The number of halogens is 1. The first-order valence-electron chi connectivity index (χ1n) is 6.86. The molecule has 1 saturated carbocycles. The summed E-state index contributed by atoms with van der Waals surface area (Å²) in [5.74, 6) is 8.84. The van der Waals surface area contributed by atoms with Crippen molar-refractivity contribution in [2.45, 2.75) is 31.5 Å². The quantitative estimate of drug-likeness (QED) is 0.725. The van der Waals surface area contributed by atoms with Gasteiger partial charge in [0, 0.05) is 24.3 Å². The van der Waals surface area contributed by atoms with Gasteiger partial charge in [-0.25, -0.2) is 0 Å². The van der Waals surface area contributed by atoms with Gasteiger partial charge in [0.1, 0.15) is 0 Å². The highest BCUT2D eigenvalue weighted by Gasteiger charge is 2.44. The number of rotatable bonds is 2. The molecule has 0 aromatic heterocycles. The lowest BCUT2D eigenvalue weighted by Crippen LogP contribution is -2.40. The minimum Gasteiger partial charge on any atom is -0.347 e. The van der Waals surface area contributed by atoms with E-state index in [-0.39, 0.29) is 5.92 Å². The molecule has 0 radical (unpaired) electrons. The van der Waals surface area contributed by atoms with Crippen molar-refractivity contribution in [1.29, 1.82) is 0 Å². The molecule has 20 heavy (non-hydrogen) atoms. The summed E-state index contributed by atoms with van der Waals surface area (Å²) < 4.78 is 11.6. The Labute approximate surface area is 126 Å². The first-order chi connectivity index (χ1) is 9.67. The van der Waals surface area contributed by atoms with Crippen LogP contribution in [0.2, 0.25) is 0 Å². The Kier molecular flexibility index (Phi) is 5.32. The topological polar surface area (TPSA) is 18.5 Å². The Balaban J connectivity index is 1.99. The lowest BCUT2D eigenvalue weighted by molar-refractivity contribution is -0.193. The molecule has 3 heteroatoms. The number of ether oxygens (including phenoxy) is 2. The maximum absolute atomic E-state index is 5.81. The Morgan fingerprint density at radius 2 is 2.15 bits per heavy atom. The van der Waals surface area contributed by atoms with Crippen molar-refractivity contribution in [3.63, 3.8) is 0 Å².